The largest absolute Gasteiger partial charge is 0.345 e. The number of aromatic nitrogens is 4. The molecule has 0 amide bonds. The monoisotopic (exact) mass is 356 g/mol. The maximum absolute atomic E-state index is 12.8. The van der Waals surface area contributed by atoms with Crippen molar-refractivity contribution < 1.29 is 4.79 Å². The molecule has 0 atom stereocenters. The molecule has 2 aliphatic rings. The molecule has 0 aromatic carbocycles. The number of nitrogens with zero attached hydrogens (tertiary/aromatic N) is 4. The van der Waals surface area contributed by atoms with Crippen molar-refractivity contribution in [2.75, 3.05) is 5.75 Å². The molecule has 2 aromatic rings. The Balaban J connectivity index is 1.49. The summed E-state index contributed by atoms with van der Waals surface area (Å²) in [4.78, 5) is 12.8. The van der Waals surface area contributed by atoms with Gasteiger partial charge in [-0.2, -0.15) is 0 Å². The van der Waals surface area contributed by atoms with E-state index in [1.807, 2.05) is 12.1 Å². The van der Waals surface area contributed by atoms with Gasteiger partial charge in [0.05, 0.1) is 5.75 Å². The number of carbonyl (C=O) groups is 1. The number of rotatable bonds is 8. The number of thioether (sulfide) groups is 1. The lowest BCUT2D eigenvalue weighted by Gasteiger charge is -2.08. The standard InChI is InChI=1S/C19H24N4OS/c1-4-9-22-18(14-5-6-14)20-21-19(22)25-11-17(24)16-10-12(2)23(13(16)3)15-7-8-15/h4,10,14-15H,1,5-9,11H2,2-3H3. The van der Waals surface area contributed by atoms with Crippen molar-refractivity contribution in [1.29, 1.82) is 0 Å². The summed E-state index contributed by atoms with van der Waals surface area (Å²) in [5.74, 6) is 2.15. The lowest BCUT2D eigenvalue weighted by Crippen LogP contribution is -2.08. The predicted octanol–water partition coefficient (Wildman–Crippen LogP) is 4.07. The minimum Gasteiger partial charge on any atom is -0.345 e. The third-order valence-electron chi connectivity index (χ3n) is 5.03. The maximum Gasteiger partial charge on any atom is 0.191 e. The summed E-state index contributed by atoms with van der Waals surface area (Å²) in [7, 11) is 0. The molecule has 0 unspecified atom stereocenters. The Morgan fingerprint density at radius 2 is 2.08 bits per heavy atom. The molecule has 2 fully saturated rings. The molecule has 2 aromatic heterocycles. The topological polar surface area (TPSA) is 52.7 Å². The van der Waals surface area contributed by atoms with E-state index >= 15 is 0 Å². The Morgan fingerprint density at radius 3 is 2.72 bits per heavy atom. The number of hydrogen-bond acceptors (Lipinski definition) is 4. The highest BCUT2D eigenvalue weighted by Gasteiger charge is 2.31. The summed E-state index contributed by atoms with van der Waals surface area (Å²) in [5.41, 5.74) is 3.16. The molecule has 0 aliphatic heterocycles. The zero-order valence-corrected chi connectivity index (χ0v) is 15.7. The second-order valence-electron chi connectivity index (χ2n) is 7.11. The van der Waals surface area contributed by atoms with E-state index in [0.717, 1.165) is 22.2 Å². The van der Waals surface area contributed by atoms with Crippen LogP contribution >= 0.6 is 11.8 Å². The van der Waals surface area contributed by atoms with Crippen molar-refractivity contribution in [3.63, 3.8) is 0 Å². The van der Waals surface area contributed by atoms with Crippen molar-refractivity contribution in [1.82, 2.24) is 19.3 Å². The van der Waals surface area contributed by atoms with E-state index in [2.05, 4.69) is 39.8 Å². The highest BCUT2D eigenvalue weighted by molar-refractivity contribution is 7.99. The second-order valence-corrected chi connectivity index (χ2v) is 8.05. The average molecular weight is 356 g/mol. The van der Waals surface area contributed by atoms with Crippen molar-refractivity contribution >= 4 is 17.5 Å². The molecule has 0 radical (unpaired) electrons. The van der Waals surface area contributed by atoms with Crippen molar-refractivity contribution in [3.8, 4) is 0 Å². The van der Waals surface area contributed by atoms with E-state index in [0.29, 0.717) is 24.3 Å². The molecule has 0 bridgehead atoms. The van der Waals surface area contributed by atoms with Gasteiger partial charge in [0.1, 0.15) is 5.82 Å². The first-order valence-corrected chi connectivity index (χ1v) is 9.97. The van der Waals surface area contributed by atoms with Crippen LogP contribution in [0.25, 0.3) is 0 Å². The van der Waals surface area contributed by atoms with Gasteiger partial charge in [-0.1, -0.05) is 17.8 Å². The van der Waals surface area contributed by atoms with Gasteiger partial charge in [-0.15, -0.1) is 16.8 Å². The Hall–Kier alpha value is -1.82. The smallest absolute Gasteiger partial charge is 0.191 e. The van der Waals surface area contributed by atoms with E-state index in [1.165, 1.54) is 43.1 Å². The summed E-state index contributed by atoms with van der Waals surface area (Å²) in [6.45, 7) is 8.69. The summed E-state index contributed by atoms with van der Waals surface area (Å²) in [6.07, 6.45) is 6.70. The Morgan fingerprint density at radius 1 is 1.32 bits per heavy atom. The van der Waals surface area contributed by atoms with Gasteiger partial charge < -0.3 is 9.13 Å². The van der Waals surface area contributed by atoms with Crippen LogP contribution in [0.5, 0.6) is 0 Å². The van der Waals surface area contributed by atoms with Crippen molar-refractivity contribution in [2.24, 2.45) is 0 Å². The fraction of sp³-hybridized carbons (Fsp3) is 0.526. The summed E-state index contributed by atoms with van der Waals surface area (Å²) in [6, 6.07) is 2.65. The zero-order valence-electron chi connectivity index (χ0n) is 14.9. The molecule has 5 nitrogen and oxygen atoms in total. The number of aryl methyl sites for hydroxylation is 1. The fourth-order valence-electron chi connectivity index (χ4n) is 3.51. The Labute approximate surface area is 152 Å². The summed E-state index contributed by atoms with van der Waals surface area (Å²) >= 11 is 1.49. The molecule has 6 heteroatoms. The third-order valence-corrected chi connectivity index (χ3v) is 6.00. The molecule has 132 valence electrons. The van der Waals surface area contributed by atoms with Gasteiger partial charge in [0.15, 0.2) is 10.9 Å². The average Bonchev–Trinajstić information content (AvgIpc) is 3.51. The maximum atomic E-state index is 12.8. The Bertz CT molecular complexity index is 827. The van der Waals surface area contributed by atoms with E-state index in [4.69, 9.17) is 0 Å². The summed E-state index contributed by atoms with van der Waals surface area (Å²) < 4.78 is 4.43. The van der Waals surface area contributed by atoms with Gasteiger partial charge in [-0.3, -0.25) is 4.79 Å². The number of allylic oxidation sites excluding steroid dienone is 1. The first kappa shape index (κ1) is 16.6. The second kappa shape index (κ2) is 6.48. The number of carbonyl (C=O) groups excluding carboxylic acids is 1. The molecule has 25 heavy (non-hydrogen) atoms. The lowest BCUT2D eigenvalue weighted by molar-refractivity contribution is 0.102. The van der Waals surface area contributed by atoms with Crippen LogP contribution in [0, 0.1) is 13.8 Å². The predicted molar refractivity (Wildman–Crippen MR) is 99.4 cm³/mol. The first-order chi connectivity index (χ1) is 12.1. The minimum atomic E-state index is 0.172. The van der Waals surface area contributed by atoms with E-state index in [9.17, 15) is 4.79 Å². The quantitative estimate of drug-likeness (QED) is 0.406. The van der Waals surface area contributed by atoms with Crippen LogP contribution in [0.3, 0.4) is 0 Å². The van der Waals surface area contributed by atoms with Crippen molar-refractivity contribution in [3.05, 3.63) is 41.5 Å². The van der Waals surface area contributed by atoms with E-state index in [1.54, 1.807) is 0 Å². The van der Waals surface area contributed by atoms with Crippen LogP contribution in [0.4, 0.5) is 0 Å². The molecule has 0 saturated heterocycles. The number of Topliss-reactive ketones (excluding diaryl/α,β-unsaturated/α-hetero) is 1. The molecule has 2 heterocycles. The van der Waals surface area contributed by atoms with E-state index in [-0.39, 0.29) is 5.78 Å². The highest BCUT2D eigenvalue weighted by atomic mass is 32.2. The van der Waals surface area contributed by atoms with Gasteiger partial charge in [-0.05, 0) is 45.6 Å². The van der Waals surface area contributed by atoms with Crippen LogP contribution in [-0.4, -0.2) is 30.9 Å². The fourth-order valence-corrected chi connectivity index (χ4v) is 4.35. The summed E-state index contributed by atoms with van der Waals surface area (Å²) in [5, 5.41) is 9.48. The van der Waals surface area contributed by atoms with Crippen LogP contribution in [0.2, 0.25) is 0 Å². The van der Waals surface area contributed by atoms with Crippen LogP contribution in [0.1, 0.15) is 65.2 Å². The van der Waals surface area contributed by atoms with Gasteiger partial charge in [-0.25, -0.2) is 0 Å². The zero-order chi connectivity index (χ0) is 17.6. The molecule has 0 N–H and O–H groups in total. The van der Waals surface area contributed by atoms with Crippen LogP contribution in [-0.2, 0) is 6.54 Å². The Kier molecular flexibility index (Phi) is 4.31. The third kappa shape index (κ3) is 3.19. The SMILES string of the molecule is C=CCn1c(SCC(=O)c2cc(C)n(C3CC3)c2C)nnc1C1CC1. The highest BCUT2D eigenvalue weighted by Crippen LogP contribution is 2.40. The lowest BCUT2D eigenvalue weighted by atomic mass is 10.2. The molecule has 0 spiro atoms. The molecule has 2 saturated carbocycles. The number of hydrogen-bond donors (Lipinski definition) is 0. The minimum absolute atomic E-state index is 0.172. The van der Waals surface area contributed by atoms with Gasteiger partial charge in [0.2, 0.25) is 0 Å². The molecule has 4 rings (SSSR count). The molecular formula is C19H24N4OS. The van der Waals surface area contributed by atoms with Crippen molar-refractivity contribution in [2.45, 2.75) is 63.2 Å². The van der Waals surface area contributed by atoms with Crippen LogP contribution < -0.4 is 0 Å². The normalized spacial score (nSPS) is 17.0. The van der Waals surface area contributed by atoms with Gasteiger partial charge >= 0.3 is 0 Å². The first-order valence-electron chi connectivity index (χ1n) is 8.98. The van der Waals surface area contributed by atoms with Gasteiger partial charge in [0, 0.05) is 35.5 Å². The van der Waals surface area contributed by atoms with Gasteiger partial charge in [0.25, 0.3) is 0 Å². The van der Waals surface area contributed by atoms with E-state index < -0.39 is 0 Å². The van der Waals surface area contributed by atoms with Crippen LogP contribution in [0.15, 0.2) is 23.9 Å². The molecular weight excluding hydrogens is 332 g/mol. The number of ketones is 1. The molecule has 2 aliphatic carbocycles.